The van der Waals surface area contributed by atoms with E-state index in [4.69, 9.17) is 5.73 Å². The molecule has 1 saturated heterocycles. The Hall–Kier alpha value is -1.10. The first-order valence-electron chi connectivity index (χ1n) is 4.90. The fraction of sp³-hybridized carbons (Fsp3) is 0.778. The lowest BCUT2D eigenvalue weighted by Gasteiger charge is -2.17. The molecule has 1 rings (SSSR count). The quantitative estimate of drug-likeness (QED) is 0.616. The van der Waals surface area contributed by atoms with Gasteiger partial charge in [0.1, 0.15) is 0 Å². The summed E-state index contributed by atoms with van der Waals surface area (Å²) < 4.78 is 0. The summed E-state index contributed by atoms with van der Waals surface area (Å²) in [6.45, 7) is 1.61. The fourth-order valence-electron chi connectivity index (χ4n) is 1.56. The summed E-state index contributed by atoms with van der Waals surface area (Å²) in [5.41, 5.74) is 5.54. The van der Waals surface area contributed by atoms with Gasteiger partial charge in [0.15, 0.2) is 0 Å². The highest BCUT2D eigenvalue weighted by atomic mass is 16.2. The number of carbonyl (C=O) groups excluding carboxylic acids is 2. The van der Waals surface area contributed by atoms with Gasteiger partial charge in [-0.05, 0) is 12.8 Å². The van der Waals surface area contributed by atoms with Crippen molar-refractivity contribution < 1.29 is 9.59 Å². The Morgan fingerprint density at radius 3 is 2.50 bits per heavy atom. The van der Waals surface area contributed by atoms with Crippen LogP contribution in [0.15, 0.2) is 0 Å². The zero-order valence-electron chi connectivity index (χ0n) is 8.45. The molecule has 0 aliphatic carbocycles. The number of hydrogen-bond acceptors (Lipinski definition) is 3. The van der Waals surface area contributed by atoms with Gasteiger partial charge in [0.2, 0.25) is 11.8 Å². The molecule has 0 bridgehead atoms. The van der Waals surface area contributed by atoms with E-state index in [1.165, 1.54) is 7.05 Å². The Balaban J connectivity index is 2.35. The molecule has 0 saturated carbocycles. The molecule has 1 atom stereocenters. The van der Waals surface area contributed by atoms with E-state index in [0.717, 1.165) is 25.9 Å². The number of nitrogens with two attached hydrogens (primary N) is 1. The average Bonchev–Trinajstić information content (AvgIpc) is 2.69. The molecule has 0 unspecified atom stereocenters. The van der Waals surface area contributed by atoms with Crippen LogP contribution in [-0.4, -0.2) is 42.9 Å². The molecule has 1 heterocycles. The van der Waals surface area contributed by atoms with Crippen LogP contribution in [0.3, 0.4) is 0 Å². The van der Waals surface area contributed by atoms with Crippen molar-refractivity contribution in [2.45, 2.75) is 25.3 Å². The van der Waals surface area contributed by atoms with Crippen LogP contribution in [-0.2, 0) is 9.59 Å². The number of rotatable bonds is 3. The van der Waals surface area contributed by atoms with Crippen molar-refractivity contribution in [3.8, 4) is 0 Å². The molecule has 14 heavy (non-hydrogen) atoms. The van der Waals surface area contributed by atoms with Crippen molar-refractivity contribution in [1.29, 1.82) is 0 Å². The van der Waals surface area contributed by atoms with E-state index < -0.39 is 6.04 Å². The van der Waals surface area contributed by atoms with Crippen molar-refractivity contribution in [3.05, 3.63) is 0 Å². The van der Waals surface area contributed by atoms with Gasteiger partial charge in [-0.1, -0.05) is 0 Å². The molecule has 1 fully saturated rings. The number of amides is 2. The molecule has 2 amide bonds. The Kier molecular flexibility index (Phi) is 3.88. The van der Waals surface area contributed by atoms with Crippen LogP contribution in [0.2, 0.25) is 0 Å². The number of nitrogens with one attached hydrogen (secondary N) is 1. The number of nitrogens with zero attached hydrogens (tertiary/aromatic N) is 1. The maximum Gasteiger partial charge on any atom is 0.237 e. The van der Waals surface area contributed by atoms with E-state index in [0.29, 0.717) is 0 Å². The van der Waals surface area contributed by atoms with Gasteiger partial charge < -0.3 is 16.0 Å². The Bertz CT molecular complexity index is 224. The topological polar surface area (TPSA) is 75.4 Å². The van der Waals surface area contributed by atoms with Crippen LogP contribution in [0, 0.1) is 0 Å². The standard InChI is InChI=1S/C9H17N3O2/c1-11-9(14)7(10)6-8(13)12-4-2-3-5-12/h7H,2-6,10H2,1H3,(H,11,14)/t7-/m1/s1. The summed E-state index contributed by atoms with van der Waals surface area (Å²) in [6.07, 6.45) is 2.22. The lowest BCUT2D eigenvalue weighted by atomic mass is 10.2. The minimum Gasteiger partial charge on any atom is -0.358 e. The van der Waals surface area contributed by atoms with E-state index in [1.807, 2.05) is 0 Å². The number of likely N-dealkylation sites (tertiary alicyclic amines) is 1. The molecule has 0 radical (unpaired) electrons. The highest BCUT2D eigenvalue weighted by Gasteiger charge is 2.22. The molecular weight excluding hydrogens is 182 g/mol. The fourth-order valence-corrected chi connectivity index (χ4v) is 1.56. The second-order valence-electron chi connectivity index (χ2n) is 3.51. The molecular formula is C9H17N3O2. The van der Waals surface area contributed by atoms with E-state index in [9.17, 15) is 9.59 Å². The highest BCUT2D eigenvalue weighted by Crippen LogP contribution is 2.09. The van der Waals surface area contributed by atoms with Crippen LogP contribution in [0.25, 0.3) is 0 Å². The molecule has 3 N–H and O–H groups in total. The normalized spacial score (nSPS) is 18.0. The van der Waals surface area contributed by atoms with Gasteiger partial charge in [-0.2, -0.15) is 0 Å². The van der Waals surface area contributed by atoms with Gasteiger partial charge in [0.05, 0.1) is 12.5 Å². The predicted molar refractivity (Wildman–Crippen MR) is 52.5 cm³/mol. The van der Waals surface area contributed by atoms with Crippen molar-refractivity contribution in [2.24, 2.45) is 5.73 Å². The number of likely N-dealkylation sites (N-methyl/N-ethyl adjacent to an activating group) is 1. The number of carbonyl (C=O) groups is 2. The van der Waals surface area contributed by atoms with E-state index in [2.05, 4.69) is 5.32 Å². The summed E-state index contributed by atoms with van der Waals surface area (Å²) in [5, 5.41) is 2.43. The van der Waals surface area contributed by atoms with Crippen LogP contribution >= 0.6 is 0 Å². The Morgan fingerprint density at radius 2 is 2.00 bits per heavy atom. The smallest absolute Gasteiger partial charge is 0.237 e. The van der Waals surface area contributed by atoms with Gasteiger partial charge in [-0.15, -0.1) is 0 Å². The van der Waals surface area contributed by atoms with E-state index in [-0.39, 0.29) is 18.2 Å². The van der Waals surface area contributed by atoms with Crippen molar-refractivity contribution >= 4 is 11.8 Å². The zero-order valence-corrected chi connectivity index (χ0v) is 8.45. The van der Waals surface area contributed by atoms with Crippen molar-refractivity contribution in [2.75, 3.05) is 20.1 Å². The molecule has 1 aliphatic rings. The van der Waals surface area contributed by atoms with Gasteiger partial charge in [-0.25, -0.2) is 0 Å². The molecule has 0 aromatic rings. The first kappa shape index (κ1) is 11.0. The van der Waals surface area contributed by atoms with Crippen molar-refractivity contribution in [1.82, 2.24) is 10.2 Å². The van der Waals surface area contributed by atoms with Gasteiger partial charge in [0.25, 0.3) is 0 Å². The Morgan fingerprint density at radius 1 is 1.43 bits per heavy atom. The monoisotopic (exact) mass is 199 g/mol. The van der Waals surface area contributed by atoms with Crippen LogP contribution in [0.4, 0.5) is 0 Å². The zero-order chi connectivity index (χ0) is 10.6. The Labute approximate surface area is 83.6 Å². The molecule has 5 heteroatoms. The minimum atomic E-state index is -0.715. The SMILES string of the molecule is CNC(=O)[C@H](N)CC(=O)N1CCCC1. The first-order chi connectivity index (χ1) is 6.65. The number of hydrogen-bond donors (Lipinski definition) is 2. The maximum absolute atomic E-state index is 11.5. The second kappa shape index (κ2) is 4.95. The molecule has 0 spiro atoms. The van der Waals surface area contributed by atoms with Crippen LogP contribution < -0.4 is 11.1 Å². The summed E-state index contributed by atoms with van der Waals surface area (Å²) in [6, 6.07) is -0.715. The summed E-state index contributed by atoms with van der Waals surface area (Å²) in [7, 11) is 1.52. The third-order valence-electron chi connectivity index (χ3n) is 2.44. The lowest BCUT2D eigenvalue weighted by Crippen LogP contribution is -2.43. The summed E-state index contributed by atoms with van der Waals surface area (Å²) in [4.78, 5) is 24.4. The third kappa shape index (κ3) is 2.70. The highest BCUT2D eigenvalue weighted by molar-refractivity contribution is 5.88. The third-order valence-corrected chi connectivity index (χ3v) is 2.44. The molecule has 1 aliphatic heterocycles. The second-order valence-corrected chi connectivity index (χ2v) is 3.51. The predicted octanol–water partition coefficient (Wildman–Crippen LogP) is -0.928. The van der Waals surface area contributed by atoms with Gasteiger partial charge >= 0.3 is 0 Å². The lowest BCUT2D eigenvalue weighted by molar-refractivity contribution is -0.133. The molecule has 0 aromatic carbocycles. The van der Waals surface area contributed by atoms with Gasteiger partial charge in [-0.3, -0.25) is 9.59 Å². The largest absolute Gasteiger partial charge is 0.358 e. The maximum atomic E-state index is 11.5. The van der Waals surface area contributed by atoms with Crippen LogP contribution in [0.1, 0.15) is 19.3 Å². The summed E-state index contributed by atoms with van der Waals surface area (Å²) >= 11 is 0. The molecule has 0 aromatic heterocycles. The van der Waals surface area contributed by atoms with E-state index >= 15 is 0 Å². The van der Waals surface area contributed by atoms with Crippen molar-refractivity contribution in [3.63, 3.8) is 0 Å². The summed E-state index contributed by atoms with van der Waals surface area (Å²) in [5.74, 6) is -0.295. The van der Waals surface area contributed by atoms with E-state index in [1.54, 1.807) is 4.90 Å². The average molecular weight is 199 g/mol. The molecule has 80 valence electrons. The van der Waals surface area contributed by atoms with Crippen LogP contribution in [0.5, 0.6) is 0 Å². The minimum absolute atomic E-state index is 0.0152. The first-order valence-corrected chi connectivity index (χ1v) is 4.90. The molecule has 5 nitrogen and oxygen atoms in total. The van der Waals surface area contributed by atoms with Gasteiger partial charge in [0, 0.05) is 20.1 Å².